The molecule has 0 radical (unpaired) electrons. The van der Waals surface area contributed by atoms with Crippen LogP contribution in [0.1, 0.15) is 31.3 Å². The molecular weight excluding hydrogens is 478 g/mol. The lowest BCUT2D eigenvalue weighted by molar-refractivity contribution is 0.0513. The van der Waals surface area contributed by atoms with Crippen LogP contribution in [-0.2, 0) is 24.8 Å². The van der Waals surface area contributed by atoms with Crippen LogP contribution in [0.3, 0.4) is 0 Å². The minimum absolute atomic E-state index is 0.0428. The van der Waals surface area contributed by atoms with Crippen LogP contribution in [-0.4, -0.2) is 63.9 Å². The Labute approximate surface area is 200 Å². The van der Waals surface area contributed by atoms with Crippen LogP contribution in [0.5, 0.6) is 0 Å². The third kappa shape index (κ3) is 4.61. The standard InChI is InChI=1S/C21H23N3O6S2.C2H6/c1-2-30-21(25)19-20(32(28,29)23-14-12-22-13-15-23)17-10-6-7-11-18(17)24(19)31(26,27)16-8-4-3-5-9-16;1-2/h3-11,22H,2,12-15H2,1H3;1-2H3. The lowest BCUT2D eigenvalue weighted by Gasteiger charge is -2.26. The zero-order valence-electron chi connectivity index (χ0n) is 19.4. The number of carbonyl (C=O) groups excluding carboxylic acids is 1. The van der Waals surface area contributed by atoms with Crippen molar-refractivity contribution in [1.29, 1.82) is 0 Å². The van der Waals surface area contributed by atoms with Gasteiger partial charge in [0.05, 0.1) is 17.0 Å². The number of fused-ring (bicyclic) bond motifs is 1. The molecule has 0 unspecified atom stereocenters. The van der Waals surface area contributed by atoms with Crippen LogP contribution in [0, 0.1) is 0 Å². The normalized spacial score (nSPS) is 14.9. The van der Waals surface area contributed by atoms with Gasteiger partial charge in [-0.3, -0.25) is 0 Å². The molecule has 4 rings (SSSR count). The van der Waals surface area contributed by atoms with Crippen LogP contribution in [0.25, 0.3) is 10.9 Å². The summed E-state index contributed by atoms with van der Waals surface area (Å²) < 4.78 is 61.8. The number of esters is 1. The monoisotopic (exact) mass is 507 g/mol. The molecule has 9 nitrogen and oxygen atoms in total. The number of sulfonamides is 1. The molecule has 0 aliphatic carbocycles. The molecule has 1 aliphatic rings. The first-order chi connectivity index (χ1) is 16.3. The molecule has 0 spiro atoms. The number of ether oxygens (including phenoxy) is 1. The minimum atomic E-state index is -4.31. The number of carbonyl (C=O) groups is 1. The van der Waals surface area contributed by atoms with Crippen molar-refractivity contribution in [3.63, 3.8) is 0 Å². The van der Waals surface area contributed by atoms with Gasteiger partial charge in [-0.2, -0.15) is 4.31 Å². The lowest BCUT2D eigenvalue weighted by Crippen LogP contribution is -2.46. The number of nitrogens with zero attached hydrogens (tertiary/aromatic N) is 2. The fourth-order valence-electron chi connectivity index (χ4n) is 3.78. The smallest absolute Gasteiger partial charge is 0.357 e. The number of para-hydroxylation sites is 1. The Morgan fingerprint density at radius 2 is 1.50 bits per heavy atom. The summed E-state index contributed by atoms with van der Waals surface area (Å²) in [5.41, 5.74) is -0.427. The summed E-state index contributed by atoms with van der Waals surface area (Å²) in [6, 6.07) is 13.7. The first-order valence-corrected chi connectivity index (χ1v) is 14.0. The van der Waals surface area contributed by atoms with E-state index in [1.165, 1.54) is 28.6 Å². The SMILES string of the molecule is CC.CCOC(=O)c1c(S(=O)(=O)N2CCNCC2)c2ccccc2n1S(=O)(=O)c1ccccc1. The van der Waals surface area contributed by atoms with Gasteiger partial charge >= 0.3 is 5.97 Å². The van der Waals surface area contributed by atoms with E-state index in [0.29, 0.717) is 13.1 Å². The van der Waals surface area contributed by atoms with Gasteiger partial charge in [0.2, 0.25) is 10.0 Å². The zero-order valence-corrected chi connectivity index (χ0v) is 21.0. The van der Waals surface area contributed by atoms with Gasteiger partial charge in [0.1, 0.15) is 4.90 Å². The van der Waals surface area contributed by atoms with Gasteiger partial charge in [-0.05, 0) is 25.1 Å². The molecule has 0 bridgehead atoms. The Morgan fingerprint density at radius 3 is 2.12 bits per heavy atom. The molecule has 3 aromatic rings. The quantitative estimate of drug-likeness (QED) is 0.510. The summed E-state index contributed by atoms with van der Waals surface area (Å²) in [4.78, 5) is 12.6. The van der Waals surface area contributed by atoms with Gasteiger partial charge in [0, 0.05) is 31.6 Å². The van der Waals surface area contributed by atoms with Crippen molar-refractivity contribution in [2.75, 3.05) is 32.8 Å². The Bertz CT molecular complexity index is 1360. The maximum atomic E-state index is 13.7. The van der Waals surface area contributed by atoms with Crippen LogP contribution < -0.4 is 5.32 Å². The fourth-order valence-corrected chi connectivity index (χ4v) is 7.17. The predicted molar refractivity (Wildman–Crippen MR) is 130 cm³/mol. The molecule has 2 heterocycles. The van der Waals surface area contributed by atoms with E-state index in [9.17, 15) is 21.6 Å². The summed E-state index contributed by atoms with van der Waals surface area (Å²) in [5, 5.41) is 3.23. The van der Waals surface area contributed by atoms with Gasteiger partial charge in [0.15, 0.2) is 5.69 Å². The van der Waals surface area contributed by atoms with Crippen molar-refractivity contribution >= 4 is 36.9 Å². The number of rotatable bonds is 6. The summed E-state index contributed by atoms with van der Waals surface area (Å²) in [5.74, 6) is -1.02. The molecule has 2 aromatic carbocycles. The van der Waals surface area contributed by atoms with Gasteiger partial charge in [-0.1, -0.05) is 50.2 Å². The Kier molecular flexibility index (Phi) is 8.13. The maximum absolute atomic E-state index is 13.7. The third-order valence-corrected chi connectivity index (χ3v) is 8.91. The van der Waals surface area contributed by atoms with Gasteiger partial charge in [0.25, 0.3) is 10.0 Å². The Morgan fingerprint density at radius 1 is 0.912 bits per heavy atom. The average Bonchev–Trinajstić information content (AvgIpc) is 3.23. The van der Waals surface area contributed by atoms with Crippen LogP contribution >= 0.6 is 0 Å². The van der Waals surface area contributed by atoms with E-state index in [1.54, 1.807) is 37.3 Å². The second-order valence-electron chi connectivity index (χ2n) is 7.15. The number of nitrogens with one attached hydrogen (secondary N) is 1. The van der Waals surface area contributed by atoms with Crippen molar-refractivity contribution < 1.29 is 26.4 Å². The lowest BCUT2D eigenvalue weighted by atomic mass is 10.2. The first-order valence-electron chi connectivity index (χ1n) is 11.1. The third-order valence-electron chi connectivity index (χ3n) is 5.21. The molecule has 1 saturated heterocycles. The van der Waals surface area contributed by atoms with Gasteiger partial charge < -0.3 is 10.1 Å². The molecule has 1 fully saturated rings. The highest BCUT2D eigenvalue weighted by Crippen LogP contribution is 2.35. The van der Waals surface area contributed by atoms with Crippen LogP contribution in [0.15, 0.2) is 64.4 Å². The van der Waals surface area contributed by atoms with Crippen LogP contribution in [0.2, 0.25) is 0 Å². The number of hydrogen-bond acceptors (Lipinski definition) is 7. The summed E-state index contributed by atoms with van der Waals surface area (Å²) in [6.45, 7) is 6.84. The summed E-state index contributed by atoms with van der Waals surface area (Å²) >= 11 is 0. The van der Waals surface area contributed by atoms with E-state index in [-0.39, 0.29) is 40.4 Å². The second kappa shape index (κ2) is 10.7. The van der Waals surface area contributed by atoms with E-state index < -0.39 is 31.7 Å². The summed E-state index contributed by atoms with van der Waals surface area (Å²) in [6.07, 6.45) is 0. The van der Waals surface area contributed by atoms with Crippen molar-refractivity contribution in [1.82, 2.24) is 13.6 Å². The number of hydrogen-bond donors (Lipinski definition) is 1. The first kappa shape index (κ1) is 25.9. The van der Waals surface area contributed by atoms with Crippen molar-refractivity contribution in [2.24, 2.45) is 0 Å². The zero-order chi connectivity index (χ0) is 24.9. The molecule has 1 aromatic heterocycles. The van der Waals surface area contributed by atoms with E-state index in [4.69, 9.17) is 4.74 Å². The second-order valence-corrected chi connectivity index (χ2v) is 10.8. The molecule has 1 aliphatic heterocycles. The molecule has 0 saturated carbocycles. The average molecular weight is 508 g/mol. The summed E-state index contributed by atoms with van der Waals surface area (Å²) in [7, 11) is -8.51. The Balaban J connectivity index is 0.00000158. The highest BCUT2D eigenvalue weighted by molar-refractivity contribution is 7.91. The topological polar surface area (TPSA) is 115 Å². The molecular formula is C23H29N3O6S2. The van der Waals surface area contributed by atoms with Crippen molar-refractivity contribution in [3.05, 3.63) is 60.3 Å². The highest BCUT2D eigenvalue weighted by atomic mass is 32.2. The maximum Gasteiger partial charge on any atom is 0.357 e. The van der Waals surface area contributed by atoms with E-state index in [1.807, 2.05) is 13.8 Å². The van der Waals surface area contributed by atoms with E-state index >= 15 is 0 Å². The van der Waals surface area contributed by atoms with Crippen molar-refractivity contribution in [3.8, 4) is 0 Å². The van der Waals surface area contributed by atoms with Gasteiger partial charge in [-0.25, -0.2) is 25.6 Å². The Hall–Kier alpha value is -2.73. The van der Waals surface area contributed by atoms with Crippen molar-refractivity contribution in [2.45, 2.75) is 30.6 Å². The number of benzene rings is 2. The number of piperazine rings is 1. The molecule has 0 amide bonds. The molecule has 1 N–H and O–H groups in total. The van der Waals surface area contributed by atoms with Gasteiger partial charge in [-0.15, -0.1) is 0 Å². The fraction of sp³-hybridized carbons (Fsp3) is 0.348. The van der Waals surface area contributed by atoms with E-state index in [0.717, 1.165) is 3.97 Å². The molecule has 11 heteroatoms. The molecule has 34 heavy (non-hydrogen) atoms. The minimum Gasteiger partial charge on any atom is -0.461 e. The largest absolute Gasteiger partial charge is 0.461 e. The molecule has 0 atom stereocenters. The molecule has 184 valence electrons. The predicted octanol–water partition coefficient (Wildman–Crippen LogP) is 2.68. The van der Waals surface area contributed by atoms with Crippen LogP contribution in [0.4, 0.5) is 0 Å². The highest BCUT2D eigenvalue weighted by Gasteiger charge is 2.39. The van der Waals surface area contributed by atoms with E-state index in [2.05, 4.69) is 5.32 Å². The number of aromatic nitrogens is 1.